The van der Waals surface area contributed by atoms with E-state index in [2.05, 4.69) is 5.32 Å². The number of ether oxygens (including phenoxy) is 1. The lowest BCUT2D eigenvalue weighted by Gasteiger charge is -2.25. The third-order valence-electron chi connectivity index (χ3n) is 3.57. The Morgan fingerprint density at radius 3 is 2.50 bits per heavy atom. The zero-order chi connectivity index (χ0) is 16.3. The van der Waals surface area contributed by atoms with Gasteiger partial charge in [-0.15, -0.1) is 0 Å². The third kappa shape index (κ3) is 3.40. The molecule has 2 atom stereocenters. The summed E-state index contributed by atoms with van der Waals surface area (Å²) >= 11 is 0. The SMILES string of the molecule is CNC(=O)[C@@H]1C[C@H](Oc2ccccc2)CN1S(=O)(=O)N(C)C. The number of hydrogen-bond acceptors (Lipinski definition) is 4. The summed E-state index contributed by atoms with van der Waals surface area (Å²) < 4.78 is 32.9. The van der Waals surface area contributed by atoms with Crippen LogP contribution in [-0.4, -0.2) is 62.8 Å². The second-order valence-corrected chi connectivity index (χ2v) is 7.37. The molecule has 0 spiro atoms. The van der Waals surface area contributed by atoms with Gasteiger partial charge in [0.15, 0.2) is 0 Å². The Bertz CT molecular complexity index is 618. The molecule has 1 fully saturated rings. The fraction of sp³-hybridized carbons (Fsp3) is 0.500. The van der Waals surface area contributed by atoms with Crippen LogP contribution in [0.1, 0.15) is 6.42 Å². The van der Waals surface area contributed by atoms with Gasteiger partial charge in [-0.05, 0) is 12.1 Å². The Balaban J connectivity index is 2.20. The largest absolute Gasteiger partial charge is 0.489 e. The zero-order valence-electron chi connectivity index (χ0n) is 12.9. The predicted octanol–water partition coefficient (Wildman–Crippen LogP) is 0.0607. The molecule has 0 unspecified atom stereocenters. The molecule has 2 rings (SSSR count). The highest BCUT2D eigenvalue weighted by Gasteiger charge is 2.44. The van der Waals surface area contributed by atoms with Crippen molar-refractivity contribution in [3.8, 4) is 5.75 Å². The molecular formula is C14H21N3O4S. The molecule has 1 N–H and O–H groups in total. The fourth-order valence-corrected chi connectivity index (χ4v) is 3.69. The van der Waals surface area contributed by atoms with Crippen LogP contribution in [0.4, 0.5) is 0 Å². The van der Waals surface area contributed by atoms with Crippen molar-refractivity contribution >= 4 is 16.1 Å². The second kappa shape index (κ2) is 6.64. The summed E-state index contributed by atoms with van der Waals surface area (Å²) in [6.07, 6.45) is -0.0406. The van der Waals surface area contributed by atoms with Crippen LogP contribution in [0.25, 0.3) is 0 Å². The Hall–Kier alpha value is -1.64. The summed E-state index contributed by atoms with van der Waals surface area (Å²) in [5, 5.41) is 2.51. The molecule has 1 saturated heterocycles. The number of benzene rings is 1. The number of carbonyl (C=O) groups is 1. The van der Waals surface area contributed by atoms with Crippen LogP contribution >= 0.6 is 0 Å². The molecule has 0 bridgehead atoms. The minimum absolute atomic E-state index is 0.146. The van der Waals surface area contributed by atoms with Gasteiger partial charge in [0, 0.05) is 27.6 Å². The lowest BCUT2D eigenvalue weighted by atomic mass is 10.2. The average molecular weight is 327 g/mol. The molecule has 7 nitrogen and oxygen atoms in total. The maximum Gasteiger partial charge on any atom is 0.282 e. The number of amides is 1. The summed E-state index contributed by atoms with van der Waals surface area (Å²) in [5.74, 6) is 0.330. The van der Waals surface area contributed by atoms with E-state index in [9.17, 15) is 13.2 Å². The summed E-state index contributed by atoms with van der Waals surface area (Å²) in [7, 11) is 0.706. The van der Waals surface area contributed by atoms with Crippen molar-refractivity contribution < 1.29 is 17.9 Å². The highest BCUT2D eigenvalue weighted by molar-refractivity contribution is 7.86. The molecule has 1 aromatic carbocycles. The Morgan fingerprint density at radius 2 is 1.95 bits per heavy atom. The van der Waals surface area contributed by atoms with Crippen LogP contribution in [-0.2, 0) is 15.0 Å². The minimum Gasteiger partial charge on any atom is -0.489 e. The molecule has 1 amide bonds. The number of para-hydroxylation sites is 1. The number of hydrogen-bond donors (Lipinski definition) is 1. The first-order chi connectivity index (χ1) is 10.4. The Labute approximate surface area is 131 Å². The monoisotopic (exact) mass is 327 g/mol. The topological polar surface area (TPSA) is 79.0 Å². The van der Waals surface area contributed by atoms with Crippen molar-refractivity contribution in [2.75, 3.05) is 27.7 Å². The van der Waals surface area contributed by atoms with Gasteiger partial charge in [0.25, 0.3) is 10.2 Å². The third-order valence-corrected chi connectivity index (χ3v) is 5.49. The van der Waals surface area contributed by atoms with E-state index in [1.807, 2.05) is 18.2 Å². The van der Waals surface area contributed by atoms with Gasteiger partial charge in [-0.1, -0.05) is 18.2 Å². The molecule has 0 aromatic heterocycles. The summed E-state index contributed by atoms with van der Waals surface area (Å²) in [4.78, 5) is 12.0. The van der Waals surface area contributed by atoms with Crippen LogP contribution in [0.5, 0.6) is 5.75 Å². The molecule has 1 heterocycles. The Kier molecular flexibility index (Phi) is 5.05. The summed E-state index contributed by atoms with van der Waals surface area (Å²) in [5.41, 5.74) is 0. The van der Waals surface area contributed by atoms with Gasteiger partial charge in [0.1, 0.15) is 17.9 Å². The number of likely N-dealkylation sites (N-methyl/N-ethyl adjacent to an activating group) is 1. The first-order valence-electron chi connectivity index (χ1n) is 6.99. The van der Waals surface area contributed by atoms with E-state index < -0.39 is 16.3 Å². The highest BCUT2D eigenvalue weighted by atomic mass is 32.2. The first-order valence-corrected chi connectivity index (χ1v) is 8.38. The number of nitrogens with zero attached hydrogens (tertiary/aromatic N) is 2. The maximum atomic E-state index is 12.4. The fourth-order valence-electron chi connectivity index (χ4n) is 2.42. The van der Waals surface area contributed by atoms with Gasteiger partial charge in [-0.2, -0.15) is 17.0 Å². The minimum atomic E-state index is -3.68. The molecule has 1 aliphatic rings. The second-order valence-electron chi connectivity index (χ2n) is 5.28. The molecule has 0 aliphatic carbocycles. The van der Waals surface area contributed by atoms with Crippen LogP contribution in [0, 0.1) is 0 Å². The first kappa shape index (κ1) is 16.7. The molecule has 1 aliphatic heterocycles. The highest BCUT2D eigenvalue weighted by Crippen LogP contribution is 2.26. The van der Waals surface area contributed by atoms with Crippen molar-refractivity contribution in [3.05, 3.63) is 30.3 Å². The zero-order valence-corrected chi connectivity index (χ0v) is 13.7. The molecule has 122 valence electrons. The van der Waals surface area contributed by atoms with Crippen molar-refractivity contribution in [3.63, 3.8) is 0 Å². The lowest BCUT2D eigenvalue weighted by molar-refractivity contribution is -0.123. The molecule has 22 heavy (non-hydrogen) atoms. The van der Waals surface area contributed by atoms with Gasteiger partial charge in [-0.25, -0.2) is 0 Å². The number of carbonyl (C=O) groups excluding carboxylic acids is 1. The molecule has 0 radical (unpaired) electrons. The van der Waals surface area contributed by atoms with E-state index in [-0.39, 0.29) is 18.6 Å². The Morgan fingerprint density at radius 1 is 1.32 bits per heavy atom. The van der Waals surface area contributed by atoms with Gasteiger partial charge >= 0.3 is 0 Å². The molecule has 0 saturated carbocycles. The molecule has 8 heteroatoms. The molecular weight excluding hydrogens is 306 g/mol. The normalized spacial score (nSPS) is 22.7. The predicted molar refractivity (Wildman–Crippen MR) is 82.6 cm³/mol. The van der Waals surface area contributed by atoms with Gasteiger partial charge in [-0.3, -0.25) is 4.79 Å². The van der Waals surface area contributed by atoms with Crippen molar-refractivity contribution in [2.24, 2.45) is 0 Å². The van der Waals surface area contributed by atoms with Gasteiger partial charge in [0.05, 0.1) is 6.54 Å². The van der Waals surface area contributed by atoms with E-state index in [1.54, 1.807) is 12.1 Å². The number of nitrogens with one attached hydrogen (secondary N) is 1. The van der Waals surface area contributed by atoms with Crippen molar-refractivity contribution in [1.82, 2.24) is 13.9 Å². The van der Waals surface area contributed by atoms with Gasteiger partial charge < -0.3 is 10.1 Å². The van der Waals surface area contributed by atoms with Crippen LogP contribution < -0.4 is 10.1 Å². The summed E-state index contributed by atoms with van der Waals surface area (Å²) in [6, 6.07) is 8.41. The summed E-state index contributed by atoms with van der Waals surface area (Å²) in [6.45, 7) is 0.146. The van der Waals surface area contributed by atoms with E-state index in [0.29, 0.717) is 12.2 Å². The smallest absolute Gasteiger partial charge is 0.282 e. The van der Waals surface area contributed by atoms with E-state index in [0.717, 1.165) is 4.31 Å². The van der Waals surface area contributed by atoms with Crippen LogP contribution in [0.2, 0.25) is 0 Å². The maximum absolute atomic E-state index is 12.4. The van der Waals surface area contributed by atoms with Crippen molar-refractivity contribution in [2.45, 2.75) is 18.6 Å². The van der Waals surface area contributed by atoms with Crippen LogP contribution in [0.3, 0.4) is 0 Å². The quantitative estimate of drug-likeness (QED) is 0.829. The average Bonchev–Trinajstić information content (AvgIpc) is 2.92. The van der Waals surface area contributed by atoms with Crippen molar-refractivity contribution in [1.29, 1.82) is 0 Å². The lowest BCUT2D eigenvalue weighted by Crippen LogP contribution is -2.48. The molecule has 1 aromatic rings. The van der Waals surface area contributed by atoms with Gasteiger partial charge in [0.2, 0.25) is 5.91 Å². The number of rotatable bonds is 5. The van der Waals surface area contributed by atoms with E-state index >= 15 is 0 Å². The van der Waals surface area contributed by atoms with Crippen LogP contribution in [0.15, 0.2) is 30.3 Å². The standard InChI is InChI=1S/C14H21N3O4S/c1-15-14(18)13-9-12(21-11-7-5-4-6-8-11)10-17(13)22(19,20)16(2)3/h4-8,12-13H,9-10H2,1-3H3,(H,15,18)/t12-,13-/m0/s1. The van der Waals surface area contributed by atoms with E-state index in [1.165, 1.54) is 25.4 Å². The van der Waals surface area contributed by atoms with E-state index in [4.69, 9.17) is 4.74 Å².